The molecule has 0 aliphatic rings. The Hall–Kier alpha value is -1.51. The predicted octanol–water partition coefficient (Wildman–Crippen LogP) is 2.62. The zero-order valence-electron chi connectivity index (χ0n) is 9.89. The van der Waals surface area contributed by atoms with Crippen LogP contribution >= 0.6 is 0 Å². The monoisotopic (exact) mass is 221 g/mol. The normalized spacial score (nSPS) is 12.1. The third kappa shape index (κ3) is 3.93. The number of rotatable bonds is 6. The van der Waals surface area contributed by atoms with E-state index < -0.39 is 5.97 Å². The first-order chi connectivity index (χ1) is 7.63. The van der Waals surface area contributed by atoms with Crippen LogP contribution in [0.3, 0.4) is 0 Å². The summed E-state index contributed by atoms with van der Waals surface area (Å²) in [6.45, 7) is 5.10. The number of hydrogen-bond acceptors (Lipinski definition) is 2. The first-order valence-electron chi connectivity index (χ1n) is 5.65. The first kappa shape index (κ1) is 12.6. The minimum atomic E-state index is -0.785. The summed E-state index contributed by atoms with van der Waals surface area (Å²) in [5, 5.41) is 8.89. The molecular weight excluding hydrogens is 202 g/mol. The smallest absolute Gasteiger partial charge is 0.323 e. The maximum atomic E-state index is 10.8. The zero-order valence-corrected chi connectivity index (χ0v) is 9.89. The largest absolute Gasteiger partial charge is 0.480 e. The van der Waals surface area contributed by atoms with Gasteiger partial charge in [0.2, 0.25) is 0 Å². The van der Waals surface area contributed by atoms with Crippen LogP contribution in [0.25, 0.3) is 0 Å². The minimum Gasteiger partial charge on any atom is -0.480 e. The van der Waals surface area contributed by atoms with Crippen molar-refractivity contribution in [1.82, 2.24) is 0 Å². The average molecular weight is 221 g/mol. The van der Waals surface area contributed by atoms with Gasteiger partial charge in [-0.1, -0.05) is 38.5 Å². The number of carboxylic acid groups (broad SMARTS) is 1. The lowest BCUT2D eigenvalue weighted by atomic mass is 10.1. The Morgan fingerprint density at radius 3 is 2.50 bits per heavy atom. The maximum absolute atomic E-state index is 10.8. The topological polar surface area (TPSA) is 40.5 Å². The summed E-state index contributed by atoms with van der Waals surface area (Å²) in [6.07, 6.45) is 1.06. The van der Waals surface area contributed by atoms with Crippen molar-refractivity contribution in [1.29, 1.82) is 0 Å². The van der Waals surface area contributed by atoms with Gasteiger partial charge in [0.1, 0.15) is 6.54 Å². The third-order valence-electron chi connectivity index (χ3n) is 2.68. The van der Waals surface area contributed by atoms with E-state index >= 15 is 0 Å². The minimum absolute atomic E-state index is 0.0638. The molecule has 0 heterocycles. The second-order valence-electron chi connectivity index (χ2n) is 4.12. The number of carbonyl (C=O) groups is 1. The molecule has 3 heteroatoms. The molecule has 1 unspecified atom stereocenters. The van der Waals surface area contributed by atoms with E-state index in [1.807, 2.05) is 35.2 Å². The number of nitrogens with zero attached hydrogens (tertiary/aromatic N) is 1. The molecule has 0 spiro atoms. The second-order valence-corrected chi connectivity index (χ2v) is 4.12. The van der Waals surface area contributed by atoms with Crippen LogP contribution < -0.4 is 4.90 Å². The second kappa shape index (κ2) is 6.16. The molecule has 0 fully saturated rings. The van der Waals surface area contributed by atoms with Gasteiger partial charge in [0.05, 0.1) is 0 Å². The molecule has 0 aromatic heterocycles. The standard InChI is InChI=1S/C13H19NO2/c1-3-11(2)9-14(10-13(15)16)12-7-5-4-6-8-12/h4-8,11H,3,9-10H2,1-2H3,(H,15,16). The molecule has 0 aliphatic heterocycles. The van der Waals surface area contributed by atoms with E-state index in [0.29, 0.717) is 5.92 Å². The summed E-state index contributed by atoms with van der Waals surface area (Å²) >= 11 is 0. The van der Waals surface area contributed by atoms with E-state index in [0.717, 1.165) is 18.7 Å². The van der Waals surface area contributed by atoms with Crippen molar-refractivity contribution in [3.8, 4) is 0 Å². The van der Waals surface area contributed by atoms with Crippen molar-refractivity contribution in [3.63, 3.8) is 0 Å². The molecule has 0 saturated heterocycles. The molecule has 1 aromatic carbocycles. The molecule has 0 saturated carbocycles. The van der Waals surface area contributed by atoms with E-state index in [1.165, 1.54) is 0 Å². The molecule has 1 atom stereocenters. The summed E-state index contributed by atoms with van der Waals surface area (Å²) in [5.41, 5.74) is 0.977. The van der Waals surface area contributed by atoms with Gasteiger partial charge < -0.3 is 10.0 Å². The van der Waals surface area contributed by atoms with Crippen LogP contribution in [0.1, 0.15) is 20.3 Å². The van der Waals surface area contributed by atoms with Crippen LogP contribution in [-0.4, -0.2) is 24.2 Å². The quantitative estimate of drug-likeness (QED) is 0.802. The van der Waals surface area contributed by atoms with E-state index in [9.17, 15) is 4.79 Å². The fourth-order valence-electron chi connectivity index (χ4n) is 1.57. The third-order valence-corrected chi connectivity index (χ3v) is 2.68. The molecule has 3 nitrogen and oxygen atoms in total. The van der Waals surface area contributed by atoms with Crippen molar-refractivity contribution >= 4 is 11.7 Å². The van der Waals surface area contributed by atoms with Crippen LogP contribution in [0.2, 0.25) is 0 Å². The van der Waals surface area contributed by atoms with Crippen molar-refractivity contribution in [2.75, 3.05) is 18.0 Å². The lowest BCUT2D eigenvalue weighted by Gasteiger charge is -2.25. The van der Waals surface area contributed by atoms with E-state index in [-0.39, 0.29) is 6.54 Å². The Labute approximate surface area is 96.7 Å². The molecule has 16 heavy (non-hydrogen) atoms. The molecule has 1 rings (SSSR count). The SMILES string of the molecule is CCC(C)CN(CC(=O)O)c1ccccc1. The molecule has 0 radical (unpaired) electrons. The Balaban J connectivity index is 2.75. The molecule has 88 valence electrons. The van der Waals surface area contributed by atoms with Gasteiger partial charge >= 0.3 is 5.97 Å². The summed E-state index contributed by atoms with van der Waals surface area (Å²) in [4.78, 5) is 12.7. The van der Waals surface area contributed by atoms with Gasteiger partial charge in [0.15, 0.2) is 0 Å². The van der Waals surface area contributed by atoms with Crippen LogP contribution in [0.5, 0.6) is 0 Å². The highest BCUT2D eigenvalue weighted by atomic mass is 16.4. The van der Waals surface area contributed by atoms with Gasteiger partial charge in [-0.25, -0.2) is 0 Å². The van der Waals surface area contributed by atoms with Crippen LogP contribution in [0.15, 0.2) is 30.3 Å². The molecule has 1 N–H and O–H groups in total. The summed E-state index contributed by atoms with van der Waals surface area (Å²) in [7, 11) is 0. The molecule has 0 bridgehead atoms. The molecular formula is C13H19NO2. The van der Waals surface area contributed by atoms with E-state index in [1.54, 1.807) is 0 Å². The van der Waals surface area contributed by atoms with Crippen LogP contribution in [0.4, 0.5) is 5.69 Å². The Bertz CT molecular complexity index is 324. The predicted molar refractivity (Wildman–Crippen MR) is 65.7 cm³/mol. The van der Waals surface area contributed by atoms with Crippen LogP contribution in [-0.2, 0) is 4.79 Å². The molecule has 0 aliphatic carbocycles. The zero-order chi connectivity index (χ0) is 12.0. The molecule has 1 aromatic rings. The highest BCUT2D eigenvalue weighted by molar-refractivity contribution is 5.73. The number of aliphatic carboxylic acids is 1. The van der Waals surface area contributed by atoms with Crippen LogP contribution in [0, 0.1) is 5.92 Å². The fourth-order valence-corrected chi connectivity index (χ4v) is 1.57. The molecule has 0 amide bonds. The first-order valence-corrected chi connectivity index (χ1v) is 5.65. The van der Waals surface area contributed by atoms with Gasteiger partial charge in [-0.2, -0.15) is 0 Å². The van der Waals surface area contributed by atoms with Gasteiger partial charge in [0, 0.05) is 12.2 Å². The van der Waals surface area contributed by atoms with Crippen molar-refractivity contribution in [2.45, 2.75) is 20.3 Å². The van der Waals surface area contributed by atoms with Crippen molar-refractivity contribution in [3.05, 3.63) is 30.3 Å². The van der Waals surface area contributed by atoms with Gasteiger partial charge in [-0.3, -0.25) is 4.79 Å². The highest BCUT2D eigenvalue weighted by Gasteiger charge is 2.12. The Morgan fingerprint density at radius 1 is 1.38 bits per heavy atom. The summed E-state index contributed by atoms with van der Waals surface area (Å²) in [5.74, 6) is -0.285. The average Bonchev–Trinajstić information content (AvgIpc) is 2.28. The van der Waals surface area contributed by atoms with E-state index in [2.05, 4.69) is 13.8 Å². The lowest BCUT2D eigenvalue weighted by molar-refractivity contribution is -0.135. The van der Waals surface area contributed by atoms with Gasteiger partial charge in [-0.15, -0.1) is 0 Å². The Kier molecular flexibility index (Phi) is 4.83. The summed E-state index contributed by atoms with van der Waals surface area (Å²) < 4.78 is 0. The summed E-state index contributed by atoms with van der Waals surface area (Å²) in [6, 6.07) is 9.70. The highest BCUT2D eigenvalue weighted by Crippen LogP contribution is 2.15. The van der Waals surface area contributed by atoms with Crippen molar-refractivity contribution in [2.24, 2.45) is 5.92 Å². The fraction of sp³-hybridized carbons (Fsp3) is 0.462. The Morgan fingerprint density at radius 2 is 2.00 bits per heavy atom. The van der Waals surface area contributed by atoms with Gasteiger partial charge in [0.25, 0.3) is 0 Å². The lowest BCUT2D eigenvalue weighted by Crippen LogP contribution is -2.33. The van der Waals surface area contributed by atoms with E-state index in [4.69, 9.17) is 5.11 Å². The number of carboxylic acids is 1. The maximum Gasteiger partial charge on any atom is 0.323 e. The number of anilines is 1. The number of hydrogen-bond donors (Lipinski definition) is 1. The van der Waals surface area contributed by atoms with Gasteiger partial charge in [-0.05, 0) is 18.1 Å². The van der Waals surface area contributed by atoms with Crippen molar-refractivity contribution < 1.29 is 9.90 Å². The number of para-hydroxylation sites is 1. The number of benzene rings is 1.